The van der Waals surface area contributed by atoms with Gasteiger partial charge in [-0.1, -0.05) is 47.0 Å². The largest absolute Gasteiger partial charge is 0.356 e. The molecular weight excluding hydrogens is 236 g/mol. The van der Waals surface area contributed by atoms with Crippen molar-refractivity contribution in [3.63, 3.8) is 0 Å². The predicted octanol–water partition coefficient (Wildman–Crippen LogP) is 3.08. The maximum Gasteiger partial charge on any atom is 0.221 e. The molecule has 1 fully saturated rings. The Hall–Kier alpha value is -0.570. The van der Waals surface area contributed by atoms with Crippen LogP contribution in [0.15, 0.2) is 0 Å². The summed E-state index contributed by atoms with van der Waals surface area (Å²) < 4.78 is 0. The van der Waals surface area contributed by atoms with Crippen molar-refractivity contribution in [2.75, 3.05) is 6.54 Å². The van der Waals surface area contributed by atoms with Gasteiger partial charge in [0.2, 0.25) is 5.91 Å². The van der Waals surface area contributed by atoms with Gasteiger partial charge in [-0.2, -0.15) is 0 Å². The number of hydrogen-bond donors (Lipinski definition) is 2. The molecule has 19 heavy (non-hydrogen) atoms. The fraction of sp³-hybridized carbons (Fsp3) is 0.938. The highest BCUT2D eigenvalue weighted by Crippen LogP contribution is 2.30. The van der Waals surface area contributed by atoms with Gasteiger partial charge in [0.05, 0.1) is 0 Å². The van der Waals surface area contributed by atoms with E-state index in [1.165, 1.54) is 25.7 Å². The molecule has 1 aliphatic carbocycles. The van der Waals surface area contributed by atoms with E-state index in [1.807, 2.05) is 0 Å². The molecule has 112 valence electrons. The molecule has 0 aromatic heterocycles. The highest BCUT2D eigenvalue weighted by Gasteiger charge is 2.23. The lowest BCUT2D eigenvalue weighted by Gasteiger charge is -2.28. The molecule has 0 aliphatic heterocycles. The third kappa shape index (κ3) is 6.42. The maximum absolute atomic E-state index is 11.8. The Bertz CT molecular complexity index is 283. The van der Waals surface area contributed by atoms with E-state index < -0.39 is 0 Å². The summed E-state index contributed by atoms with van der Waals surface area (Å²) in [5.74, 6) is 1.77. The van der Waals surface area contributed by atoms with Gasteiger partial charge in [-0.05, 0) is 30.1 Å². The first-order valence-electron chi connectivity index (χ1n) is 7.81. The van der Waals surface area contributed by atoms with E-state index in [0.29, 0.717) is 6.42 Å². The van der Waals surface area contributed by atoms with Crippen molar-refractivity contribution < 1.29 is 4.79 Å². The van der Waals surface area contributed by atoms with Crippen molar-refractivity contribution in [2.45, 2.75) is 72.3 Å². The first kappa shape index (κ1) is 16.5. The van der Waals surface area contributed by atoms with Gasteiger partial charge in [-0.25, -0.2) is 0 Å². The van der Waals surface area contributed by atoms with E-state index in [4.69, 9.17) is 5.73 Å². The fourth-order valence-electron chi connectivity index (χ4n) is 2.82. The van der Waals surface area contributed by atoms with E-state index in [2.05, 4.69) is 33.0 Å². The molecule has 0 bridgehead atoms. The minimum atomic E-state index is -0.0674. The van der Waals surface area contributed by atoms with Crippen molar-refractivity contribution >= 4 is 5.91 Å². The number of rotatable bonds is 5. The third-order valence-corrected chi connectivity index (χ3v) is 4.44. The maximum atomic E-state index is 11.8. The lowest BCUT2D eigenvalue weighted by Crippen LogP contribution is -2.40. The summed E-state index contributed by atoms with van der Waals surface area (Å²) >= 11 is 0. The Labute approximate surface area is 118 Å². The molecule has 3 unspecified atom stereocenters. The standard InChI is InChI=1S/C16H32N2O/c1-12-6-5-7-13(10-12)8-9-18-15(19)11-14(17)16(2,3)4/h12-14H,5-11,17H2,1-4H3,(H,18,19). The van der Waals surface area contributed by atoms with Crippen molar-refractivity contribution in [3.05, 3.63) is 0 Å². The lowest BCUT2D eigenvalue weighted by molar-refractivity contribution is -0.122. The van der Waals surface area contributed by atoms with Crippen LogP contribution in [0.2, 0.25) is 0 Å². The average Bonchev–Trinajstić information content (AvgIpc) is 2.27. The van der Waals surface area contributed by atoms with Gasteiger partial charge >= 0.3 is 0 Å². The molecule has 1 amide bonds. The number of nitrogens with one attached hydrogen (secondary N) is 1. The van der Waals surface area contributed by atoms with Crippen LogP contribution in [0.25, 0.3) is 0 Å². The molecule has 3 heteroatoms. The van der Waals surface area contributed by atoms with E-state index >= 15 is 0 Å². The predicted molar refractivity (Wildman–Crippen MR) is 80.8 cm³/mol. The summed E-state index contributed by atoms with van der Waals surface area (Å²) in [4.78, 5) is 11.8. The van der Waals surface area contributed by atoms with Crippen molar-refractivity contribution in [3.8, 4) is 0 Å². The summed E-state index contributed by atoms with van der Waals surface area (Å²) in [6.45, 7) is 9.39. The highest BCUT2D eigenvalue weighted by molar-refractivity contribution is 5.76. The molecule has 0 radical (unpaired) electrons. The second kappa shape index (κ2) is 7.28. The smallest absolute Gasteiger partial charge is 0.221 e. The topological polar surface area (TPSA) is 55.1 Å². The van der Waals surface area contributed by atoms with Crippen LogP contribution in [-0.2, 0) is 4.79 Å². The second-order valence-electron chi connectivity index (χ2n) is 7.45. The first-order chi connectivity index (χ1) is 8.79. The molecule has 0 heterocycles. The van der Waals surface area contributed by atoms with Gasteiger partial charge in [0.15, 0.2) is 0 Å². The molecule has 1 saturated carbocycles. The zero-order valence-corrected chi connectivity index (χ0v) is 13.2. The summed E-state index contributed by atoms with van der Waals surface area (Å²) in [6, 6.07) is -0.0674. The van der Waals surface area contributed by atoms with Crippen LogP contribution in [0.1, 0.15) is 66.2 Å². The Morgan fingerprint density at radius 1 is 1.37 bits per heavy atom. The zero-order valence-electron chi connectivity index (χ0n) is 13.2. The summed E-state index contributed by atoms with van der Waals surface area (Å²) in [6.07, 6.45) is 6.96. The van der Waals surface area contributed by atoms with Gasteiger partial charge in [0, 0.05) is 19.0 Å². The van der Waals surface area contributed by atoms with Gasteiger partial charge < -0.3 is 11.1 Å². The van der Waals surface area contributed by atoms with E-state index in [9.17, 15) is 4.79 Å². The summed E-state index contributed by atoms with van der Waals surface area (Å²) in [5.41, 5.74) is 6.02. The minimum absolute atomic E-state index is 0.00383. The number of amides is 1. The first-order valence-corrected chi connectivity index (χ1v) is 7.81. The lowest BCUT2D eigenvalue weighted by atomic mass is 9.81. The zero-order chi connectivity index (χ0) is 14.5. The second-order valence-corrected chi connectivity index (χ2v) is 7.45. The Balaban J connectivity index is 2.16. The quantitative estimate of drug-likeness (QED) is 0.805. The van der Waals surface area contributed by atoms with Crippen LogP contribution >= 0.6 is 0 Å². The van der Waals surface area contributed by atoms with Crippen LogP contribution in [0.3, 0.4) is 0 Å². The third-order valence-electron chi connectivity index (χ3n) is 4.44. The van der Waals surface area contributed by atoms with E-state index in [0.717, 1.165) is 24.8 Å². The highest BCUT2D eigenvalue weighted by atomic mass is 16.1. The van der Waals surface area contributed by atoms with Crippen LogP contribution in [-0.4, -0.2) is 18.5 Å². The number of nitrogens with two attached hydrogens (primary N) is 1. The summed E-state index contributed by atoms with van der Waals surface area (Å²) in [5, 5.41) is 3.03. The van der Waals surface area contributed by atoms with Gasteiger partial charge in [-0.15, -0.1) is 0 Å². The molecule has 3 N–H and O–H groups in total. The van der Waals surface area contributed by atoms with E-state index in [1.54, 1.807) is 0 Å². The molecule has 0 aromatic rings. The molecule has 3 nitrogen and oxygen atoms in total. The van der Waals surface area contributed by atoms with Crippen LogP contribution in [0.4, 0.5) is 0 Å². The van der Waals surface area contributed by atoms with Crippen LogP contribution < -0.4 is 11.1 Å². The minimum Gasteiger partial charge on any atom is -0.356 e. The summed E-state index contributed by atoms with van der Waals surface area (Å²) in [7, 11) is 0. The van der Waals surface area contributed by atoms with Crippen molar-refractivity contribution in [1.82, 2.24) is 5.32 Å². The average molecular weight is 268 g/mol. The Morgan fingerprint density at radius 3 is 2.63 bits per heavy atom. The molecule has 1 rings (SSSR count). The molecule has 0 spiro atoms. The number of carbonyl (C=O) groups excluding carboxylic acids is 1. The Morgan fingerprint density at radius 2 is 2.05 bits per heavy atom. The van der Waals surface area contributed by atoms with Crippen molar-refractivity contribution in [2.24, 2.45) is 23.0 Å². The van der Waals surface area contributed by atoms with Crippen LogP contribution in [0, 0.1) is 17.3 Å². The van der Waals surface area contributed by atoms with Gasteiger partial charge in [0.1, 0.15) is 0 Å². The van der Waals surface area contributed by atoms with Crippen LogP contribution in [0.5, 0.6) is 0 Å². The number of carbonyl (C=O) groups is 1. The molecule has 3 atom stereocenters. The Kier molecular flexibility index (Phi) is 6.31. The van der Waals surface area contributed by atoms with Gasteiger partial charge in [-0.3, -0.25) is 4.79 Å². The van der Waals surface area contributed by atoms with E-state index in [-0.39, 0.29) is 17.4 Å². The van der Waals surface area contributed by atoms with Gasteiger partial charge in [0.25, 0.3) is 0 Å². The SMILES string of the molecule is CC1CCCC(CCNC(=O)CC(N)C(C)(C)C)C1. The fourth-order valence-corrected chi connectivity index (χ4v) is 2.82. The monoisotopic (exact) mass is 268 g/mol. The van der Waals surface area contributed by atoms with Crippen molar-refractivity contribution in [1.29, 1.82) is 0 Å². The molecular formula is C16H32N2O. The number of hydrogen-bond acceptors (Lipinski definition) is 2. The normalized spacial score (nSPS) is 25.9. The molecule has 0 saturated heterocycles. The molecule has 0 aromatic carbocycles. The molecule has 1 aliphatic rings.